The lowest BCUT2D eigenvalue weighted by Crippen LogP contribution is -2.22. The van der Waals surface area contributed by atoms with Crippen molar-refractivity contribution in [2.75, 3.05) is 0 Å². The first-order chi connectivity index (χ1) is 10.0. The first-order valence-corrected chi connectivity index (χ1v) is 8.06. The lowest BCUT2D eigenvalue weighted by molar-refractivity contribution is -0.123. The second-order valence-electron chi connectivity index (χ2n) is 6.24. The first kappa shape index (κ1) is 14.9. The number of rotatable bonds is 3. The van der Waals surface area contributed by atoms with Gasteiger partial charge in [-0.05, 0) is 36.3 Å². The van der Waals surface area contributed by atoms with Gasteiger partial charge in [-0.25, -0.2) is 5.43 Å². The molecule has 1 aromatic rings. The predicted octanol–water partition coefficient (Wildman–Crippen LogP) is 4.27. The van der Waals surface area contributed by atoms with Crippen LogP contribution in [0.3, 0.4) is 0 Å². The van der Waals surface area contributed by atoms with Gasteiger partial charge in [-0.2, -0.15) is 5.10 Å². The predicted molar refractivity (Wildman–Crippen MR) is 85.8 cm³/mol. The average Bonchev–Trinajstić information content (AvgIpc) is 3.07. The normalized spacial score (nSPS) is 31.0. The quantitative estimate of drug-likeness (QED) is 0.654. The Morgan fingerprint density at radius 1 is 1.43 bits per heavy atom. The van der Waals surface area contributed by atoms with Gasteiger partial charge in [-0.15, -0.1) is 0 Å². The number of hydrogen-bond donors (Lipinski definition) is 1. The van der Waals surface area contributed by atoms with E-state index in [2.05, 4.69) is 17.5 Å². The van der Waals surface area contributed by atoms with Crippen molar-refractivity contribution in [3.63, 3.8) is 0 Å². The molecule has 0 unspecified atom stereocenters. The number of carbonyl (C=O) groups excluding carboxylic acids is 1. The standard InChI is InChI=1S/C16H18Cl2N2O/c1-16-7-3-2-4-12(16)14(16)15(21)20-19-9-10-5-6-11(17)8-13(10)18/h5-6,8-9,12,14H,2-4,7H2,1H3,(H,20,21)/b19-9+/t12-,14+,16+/m0/s1. The number of hydrazone groups is 1. The van der Waals surface area contributed by atoms with Crippen molar-refractivity contribution in [1.29, 1.82) is 0 Å². The Morgan fingerprint density at radius 2 is 2.24 bits per heavy atom. The van der Waals surface area contributed by atoms with Crippen LogP contribution in [0.1, 0.15) is 38.2 Å². The maximum atomic E-state index is 12.2. The van der Waals surface area contributed by atoms with Crippen molar-refractivity contribution in [2.24, 2.45) is 22.4 Å². The van der Waals surface area contributed by atoms with Crippen LogP contribution in [-0.4, -0.2) is 12.1 Å². The van der Waals surface area contributed by atoms with E-state index in [0.29, 0.717) is 16.0 Å². The van der Waals surface area contributed by atoms with Crippen molar-refractivity contribution >= 4 is 35.3 Å². The zero-order valence-electron chi connectivity index (χ0n) is 11.9. The third-order valence-corrected chi connectivity index (χ3v) is 5.52. The summed E-state index contributed by atoms with van der Waals surface area (Å²) in [5.41, 5.74) is 3.60. The van der Waals surface area contributed by atoms with Crippen molar-refractivity contribution in [3.05, 3.63) is 33.8 Å². The minimum atomic E-state index is 0.0331. The molecule has 1 N–H and O–H groups in total. The smallest absolute Gasteiger partial charge is 0.244 e. The topological polar surface area (TPSA) is 41.5 Å². The Bertz CT molecular complexity index is 602. The highest BCUT2D eigenvalue weighted by Gasteiger charge is 2.64. The van der Waals surface area contributed by atoms with E-state index in [0.717, 1.165) is 12.0 Å². The summed E-state index contributed by atoms with van der Waals surface area (Å²) in [5.74, 6) is 0.698. The number of nitrogens with one attached hydrogen (secondary N) is 1. The number of benzene rings is 1. The van der Waals surface area contributed by atoms with Crippen LogP contribution >= 0.6 is 23.2 Å². The Balaban J connectivity index is 1.60. The minimum absolute atomic E-state index is 0.0331. The third-order valence-electron chi connectivity index (χ3n) is 4.95. The summed E-state index contributed by atoms with van der Waals surface area (Å²) in [4.78, 5) is 12.2. The van der Waals surface area contributed by atoms with E-state index in [9.17, 15) is 4.79 Å². The SMILES string of the molecule is C[C@@]12CCCC[C@H]1[C@@H]2C(=O)N/N=C/c1ccc(Cl)cc1Cl. The molecular weight excluding hydrogens is 307 g/mol. The van der Waals surface area contributed by atoms with Gasteiger partial charge in [0.15, 0.2) is 0 Å². The molecule has 2 fully saturated rings. The van der Waals surface area contributed by atoms with E-state index in [-0.39, 0.29) is 17.2 Å². The number of carbonyl (C=O) groups is 1. The van der Waals surface area contributed by atoms with Crippen LogP contribution in [0.25, 0.3) is 0 Å². The summed E-state index contributed by atoms with van der Waals surface area (Å²) in [6.45, 7) is 2.22. The van der Waals surface area contributed by atoms with Crippen LogP contribution in [0, 0.1) is 17.3 Å². The summed E-state index contributed by atoms with van der Waals surface area (Å²) in [7, 11) is 0. The highest BCUT2D eigenvalue weighted by Crippen LogP contribution is 2.66. The molecule has 3 rings (SSSR count). The van der Waals surface area contributed by atoms with Gasteiger partial charge in [0.1, 0.15) is 0 Å². The van der Waals surface area contributed by atoms with Crippen LogP contribution in [-0.2, 0) is 4.79 Å². The van der Waals surface area contributed by atoms with Gasteiger partial charge in [-0.3, -0.25) is 4.79 Å². The van der Waals surface area contributed by atoms with Gasteiger partial charge in [0.25, 0.3) is 0 Å². The van der Waals surface area contributed by atoms with E-state index in [1.54, 1.807) is 24.4 Å². The molecule has 0 radical (unpaired) electrons. The van der Waals surface area contributed by atoms with Crippen LogP contribution < -0.4 is 5.43 Å². The molecule has 0 bridgehead atoms. The summed E-state index contributed by atoms with van der Waals surface area (Å²) in [6.07, 6.45) is 6.36. The Morgan fingerprint density at radius 3 is 2.90 bits per heavy atom. The van der Waals surface area contributed by atoms with Gasteiger partial charge in [0.2, 0.25) is 5.91 Å². The van der Waals surface area contributed by atoms with E-state index >= 15 is 0 Å². The lowest BCUT2D eigenvalue weighted by atomic mass is 9.90. The summed E-state index contributed by atoms with van der Waals surface area (Å²) >= 11 is 11.9. The summed E-state index contributed by atoms with van der Waals surface area (Å²) < 4.78 is 0. The molecule has 3 nitrogen and oxygen atoms in total. The average molecular weight is 325 g/mol. The number of hydrogen-bond acceptors (Lipinski definition) is 2. The number of amides is 1. The fourth-order valence-electron chi connectivity index (χ4n) is 3.69. The molecule has 2 saturated carbocycles. The molecule has 5 heteroatoms. The molecule has 2 aliphatic rings. The van der Waals surface area contributed by atoms with Crippen molar-refractivity contribution in [1.82, 2.24) is 5.43 Å². The number of fused-ring (bicyclic) bond motifs is 1. The van der Waals surface area contributed by atoms with Gasteiger partial charge < -0.3 is 0 Å². The molecule has 1 amide bonds. The van der Waals surface area contributed by atoms with Crippen molar-refractivity contribution < 1.29 is 4.79 Å². The molecule has 2 aliphatic carbocycles. The van der Waals surface area contributed by atoms with Crippen LogP contribution in [0.2, 0.25) is 10.0 Å². The molecule has 0 saturated heterocycles. The molecule has 3 atom stereocenters. The van der Waals surface area contributed by atoms with Crippen LogP contribution in [0.5, 0.6) is 0 Å². The monoisotopic (exact) mass is 324 g/mol. The maximum Gasteiger partial charge on any atom is 0.244 e. The third kappa shape index (κ3) is 2.82. The highest BCUT2D eigenvalue weighted by atomic mass is 35.5. The zero-order chi connectivity index (χ0) is 15.0. The number of halogens is 2. The van der Waals surface area contributed by atoms with E-state index < -0.39 is 0 Å². The Kier molecular flexibility index (Phi) is 3.98. The fraction of sp³-hybridized carbons (Fsp3) is 0.500. The van der Waals surface area contributed by atoms with Crippen molar-refractivity contribution in [2.45, 2.75) is 32.6 Å². The van der Waals surface area contributed by atoms with Gasteiger partial charge >= 0.3 is 0 Å². The molecule has 0 spiro atoms. The Hall–Kier alpha value is -1.06. The lowest BCUT2D eigenvalue weighted by Gasteiger charge is -2.15. The molecule has 0 aliphatic heterocycles. The number of nitrogens with zero attached hydrogens (tertiary/aromatic N) is 1. The zero-order valence-corrected chi connectivity index (χ0v) is 13.4. The molecule has 21 heavy (non-hydrogen) atoms. The largest absolute Gasteiger partial charge is 0.273 e. The van der Waals surface area contributed by atoms with E-state index in [1.165, 1.54) is 19.3 Å². The second kappa shape index (κ2) is 5.62. The second-order valence-corrected chi connectivity index (χ2v) is 7.08. The minimum Gasteiger partial charge on any atom is -0.273 e. The molecule has 1 aromatic carbocycles. The fourth-order valence-corrected chi connectivity index (χ4v) is 4.15. The molecule has 0 aromatic heterocycles. The Labute approximate surface area is 134 Å². The van der Waals surface area contributed by atoms with Crippen LogP contribution in [0.15, 0.2) is 23.3 Å². The van der Waals surface area contributed by atoms with Crippen LogP contribution in [0.4, 0.5) is 0 Å². The molecular formula is C16H18Cl2N2O. The van der Waals surface area contributed by atoms with Gasteiger partial charge in [-0.1, -0.05) is 49.0 Å². The van der Waals surface area contributed by atoms with Crippen molar-refractivity contribution in [3.8, 4) is 0 Å². The summed E-state index contributed by atoms with van der Waals surface area (Å²) in [6, 6.07) is 5.18. The molecule has 112 valence electrons. The van der Waals surface area contributed by atoms with Gasteiger partial charge in [0.05, 0.1) is 11.2 Å². The summed E-state index contributed by atoms with van der Waals surface area (Å²) in [5, 5.41) is 5.13. The molecule has 0 heterocycles. The van der Waals surface area contributed by atoms with E-state index in [1.807, 2.05) is 0 Å². The highest BCUT2D eigenvalue weighted by molar-refractivity contribution is 6.36. The van der Waals surface area contributed by atoms with Gasteiger partial charge in [0, 0.05) is 16.5 Å². The maximum absolute atomic E-state index is 12.2. The van der Waals surface area contributed by atoms with E-state index in [4.69, 9.17) is 23.2 Å². The first-order valence-electron chi connectivity index (χ1n) is 7.30.